The SMILES string of the molecule is COc1ccc(-c2noc(-c3ccc(NS(C)(=O)=O)cc3)n2)cc1OC. The molecule has 0 radical (unpaired) electrons. The Morgan fingerprint density at radius 3 is 2.23 bits per heavy atom. The Bertz CT molecular complexity index is 1010. The lowest BCUT2D eigenvalue weighted by Crippen LogP contribution is -2.09. The summed E-state index contributed by atoms with van der Waals surface area (Å²) in [6.07, 6.45) is 1.09. The number of benzene rings is 2. The van der Waals surface area contributed by atoms with Crippen LogP contribution >= 0.6 is 0 Å². The molecule has 9 heteroatoms. The standard InChI is InChI=1S/C17H17N3O5S/c1-23-14-9-6-12(10-15(14)24-2)16-18-17(25-19-16)11-4-7-13(8-5-11)20-26(3,21)22/h4-10,20H,1-3H3. The van der Waals surface area contributed by atoms with Gasteiger partial charge in [0.1, 0.15) is 0 Å². The number of ether oxygens (including phenoxy) is 2. The van der Waals surface area contributed by atoms with Crippen molar-refractivity contribution in [2.75, 3.05) is 25.2 Å². The van der Waals surface area contributed by atoms with Gasteiger partial charge in [0, 0.05) is 16.8 Å². The largest absolute Gasteiger partial charge is 0.493 e. The van der Waals surface area contributed by atoms with Crippen molar-refractivity contribution in [3.8, 4) is 34.3 Å². The van der Waals surface area contributed by atoms with Crippen molar-refractivity contribution in [2.45, 2.75) is 0 Å². The molecule has 0 saturated carbocycles. The normalized spacial score (nSPS) is 11.2. The van der Waals surface area contributed by atoms with Gasteiger partial charge in [-0.2, -0.15) is 4.98 Å². The van der Waals surface area contributed by atoms with E-state index >= 15 is 0 Å². The highest BCUT2D eigenvalue weighted by atomic mass is 32.2. The van der Waals surface area contributed by atoms with Crippen molar-refractivity contribution in [3.05, 3.63) is 42.5 Å². The van der Waals surface area contributed by atoms with Crippen LogP contribution in [0.2, 0.25) is 0 Å². The van der Waals surface area contributed by atoms with Crippen LogP contribution in [-0.2, 0) is 10.0 Å². The van der Waals surface area contributed by atoms with Gasteiger partial charge in [-0.25, -0.2) is 8.42 Å². The monoisotopic (exact) mass is 375 g/mol. The Hall–Kier alpha value is -3.07. The number of hydrogen-bond acceptors (Lipinski definition) is 7. The molecule has 3 aromatic rings. The molecule has 1 heterocycles. The second-order valence-electron chi connectivity index (χ2n) is 5.44. The number of methoxy groups -OCH3 is 2. The maximum atomic E-state index is 11.2. The Morgan fingerprint density at radius 1 is 0.962 bits per heavy atom. The van der Waals surface area contributed by atoms with Crippen LogP contribution in [-0.4, -0.2) is 39.0 Å². The van der Waals surface area contributed by atoms with Gasteiger partial charge in [0.15, 0.2) is 11.5 Å². The Morgan fingerprint density at radius 2 is 1.62 bits per heavy atom. The smallest absolute Gasteiger partial charge is 0.258 e. The minimum atomic E-state index is -3.32. The fourth-order valence-corrected chi connectivity index (χ4v) is 2.89. The van der Waals surface area contributed by atoms with Crippen molar-refractivity contribution >= 4 is 15.7 Å². The molecular formula is C17H17N3O5S. The molecule has 0 aliphatic rings. The topological polar surface area (TPSA) is 104 Å². The average molecular weight is 375 g/mol. The van der Waals surface area contributed by atoms with E-state index in [4.69, 9.17) is 14.0 Å². The summed E-state index contributed by atoms with van der Waals surface area (Å²) in [5.41, 5.74) is 1.84. The molecule has 8 nitrogen and oxygen atoms in total. The Balaban J connectivity index is 1.86. The lowest BCUT2D eigenvalue weighted by Gasteiger charge is -2.07. The molecule has 0 bridgehead atoms. The number of aromatic nitrogens is 2. The molecule has 0 fully saturated rings. The molecule has 0 spiro atoms. The van der Waals surface area contributed by atoms with Crippen molar-refractivity contribution in [3.63, 3.8) is 0 Å². The highest BCUT2D eigenvalue weighted by Gasteiger charge is 2.13. The second kappa shape index (κ2) is 7.04. The summed E-state index contributed by atoms with van der Waals surface area (Å²) in [5, 5.41) is 3.98. The van der Waals surface area contributed by atoms with E-state index in [-0.39, 0.29) is 0 Å². The third-order valence-electron chi connectivity index (χ3n) is 3.50. The van der Waals surface area contributed by atoms with Crippen LogP contribution in [0.4, 0.5) is 5.69 Å². The van der Waals surface area contributed by atoms with E-state index in [0.717, 1.165) is 6.26 Å². The average Bonchev–Trinajstić information content (AvgIpc) is 3.10. The molecule has 26 heavy (non-hydrogen) atoms. The lowest BCUT2D eigenvalue weighted by atomic mass is 10.2. The minimum Gasteiger partial charge on any atom is -0.493 e. The summed E-state index contributed by atoms with van der Waals surface area (Å²) in [7, 11) is -0.210. The summed E-state index contributed by atoms with van der Waals surface area (Å²) in [4.78, 5) is 4.37. The van der Waals surface area contributed by atoms with E-state index in [9.17, 15) is 8.42 Å². The van der Waals surface area contributed by atoms with E-state index in [0.29, 0.717) is 40.0 Å². The number of rotatable bonds is 6. The fourth-order valence-electron chi connectivity index (χ4n) is 2.33. The number of anilines is 1. The van der Waals surface area contributed by atoms with E-state index in [2.05, 4.69) is 14.9 Å². The van der Waals surface area contributed by atoms with E-state index in [1.165, 1.54) is 0 Å². The summed E-state index contributed by atoms with van der Waals surface area (Å²) in [6, 6.07) is 11.9. The van der Waals surface area contributed by atoms with Crippen LogP contribution in [0.15, 0.2) is 47.0 Å². The van der Waals surface area contributed by atoms with Gasteiger partial charge in [0.25, 0.3) is 5.89 Å². The van der Waals surface area contributed by atoms with Crippen molar-refractivity contribution in [1.29, 1.82) is 0 Å². The van der Waals surface area contributed by atoms with Crippen LogP contribution in [0.25, 0.3) is 22.8 Å². The molecule has 3 rings (SSSR count). The number of sulfonamides is 1. The first-order chi connectivity index (χ1) is 12.4. The summed E-state index contributed by atoms with van der Waals surface area (Å²) in [6.45, 7) is 0. The van der Waals surface area contributed by atoms with E-state index in [1.807, 2.05) is 0 Å². The highest BCUT2D eigenvalue weighted by molar-refractivity contribution is 7.92. The van der Waals surface area contributed by atoms with Gasteiger partial charge < -0.3 is 14.0 Å². The van der Waals surface area contributed by atoms with Gasteiger partial charge in [-0.3, -0.25) is 4.72 Å². The zero-order chi connectivity index (χ0) is 18.7. The summed E-state index contributed by atoms with van der Waals surface area (Å²) >= 11 is 0. The summed E-state index contributed by atoms with van der Waals surface area (Å²) < 4.78 is 40.7. The third kappa shape index (κ3) is 3.94. The highest BCUT2D eigenvalue weighted by Crippen LogP contribution is 2.32. The van der Waals surface area contributed by atoms with Crippen molar-refractivity contribution in [1.82, 2.24) is 10.1 Å². The zero-order valence-electron chi connectivity index (χ0n) is 14.4. The van der Waals surface area contributed by atoms with Gasteiger partial charge in [0.05, 0.1) is 20.5 Å². The summed E-state index contributed by atoms with van der Waals surface area (Å²) in [5.74, 6) is 1.89. The van der Waals surface area contributed by atoms with Crippen LogP contribution < -0.4 is 14.2 Å². The maximum Gasteiger partial charge on any atom is 0.258 e. The van der Waals surface area contributed by atoms with Crippen LogP contribution in [0, 0.1) is 0 Å². The zero-order valence-corrected chi connectivity index (χ0v) is 15.2. The van der Waals surface area contributed by atoms with Gasteiger partial charge >= 0.3 is 0 Å². The van der Waals surface area contributed by atoms with Gasteiger partial charge in [-0.1, -0.05) is 5.16 Å². The van der Waals surface area contributed by atoms with E-state index < -0.39 is 10.0 Å². The van der Waals surface area contributed by atoms with Gasteiger partial charge in [-0.15, -0.1) is 0 Å². The molecule has 0 atom stereocenters. The molecule has 1 aromatic heterocycles. The molecule has 0 saturated heterocycles. The van der Waals surface area contributed by atoms with Crippen LogP contribution in [0.5, 0.6) is 11.5 Å². The fraction of sp³-hybridized carbons (Fsp3) is 0.176. The predicted octanol–water partition coefficient (Wildman–Crippen LogP) is 2.79. The maximum absolute atomic E-state index is 11.2. The quantitative estimate of drug-likeness (QED) is 0.706. The van der Waals surface area contributed by atoms with Gasteiger partial charge in [-0.05, 0) is 42.5 Å². The van der Waals surface area contributed by atoms with Crippen LogP contribution in [0.1, 0.15) is 0 Å². The lowest BCUT2D eigenvalue weighted by molar-refractivity contribution is 0.355. The van der Waals surface area contributed by atoms with Crippen molar-refractivity contribution in [2.24, 2.45) is 0 Å². The first kappa shape index (κ1) is 17.7. The molecule has 0 amide bonds. The Labute approximate surface area is 150 Å². The number of nitrogens with one attached hydrogen (secondary N) is 1. The number of hydrogen-bond donors (Lipinski definition) is 1. The second-order valence-corrected chi connectivity index (χ2v) is 7.19. The molecule has 2 aromatic carbocycles. The Kier molecular flexibility index (Phi) is 4.81. The molecule has 0 aliphatic heterocycles. The molecule has 136 valence electrons. The van der Waals surface area contributed by atoms with Crippen LogP contribution in [0.3, 0.4) is 0 Å². The molecular weight excluding hydrogens is 358 g/mol. The van der Waals surface area contributed by atoms with Crippen molar-refractivity contribution < 1.29 is 22.4 Å². The van der Waals surface area contributed by atoms with Gasteiger partial charge in [0.2, 0.25) is 15.8 Å². The first-order valence-corrected chi connectivity index (χ1v) is 9.43. The first-order valence-electron chi connectivity index (χ1n) is 7.54. The van der Waals surface area contributed by atoms with E-state index in [1.54, 1.807) is 56.7 Å². The molecule has 0 aliphatic carbocycles. The minimum absolute atomic E-state index is 0.320. The number of nitrogens with zero attached hydrogens (tertiary/aromatic N) is 2. The predicted molar refractivity (Wildman–Crippen MR) is 96.7 cm³/mol. The molecule has 1 N–H and O–H groups in total. The third-order valence-corrected chi connectivity index (χ3v) is 4.11. The molecule has 0 unspecified atom stereocenters.